The zero-order chi connectivity index (χ0) is 55.7. The molecule has 1 aliphatic heterocycles. The molecule has 3 aromatic rings. The lowest BCUT2D eigenvalue weighted by molar-refractivity contribution is -0.135. The number of hydrogen-bond donors (Lipinski definition) is 16. The number of aliphatic hydroxyl groups is 1. The van der Waals surface area contributed by atoms with Crippen molar-refractivity contribution in [1.29, 1.82) is 0 Å². The van der Waals surface area contributed by atoms with Crippen molar-refractivity contribution in [3.05, 3.63) is 70.9 Å². The number of amides is 8. The van der Waals surface area contributed by atoms with Crippen LogP contribution in [0.2, 0.25) is 5.02 Å². The maximum atomic E-state index is 14.7. The predicted octanol–water partition coefficient (Wildman–Crippen LogP) is -3.17. The lowest BCUT2D eigenvalue weighted by Gasteiger charge is -2.31. The van der Waals surface area contributed by atoms with Gasteiger partial charge in [-0.05, 0) is 100 Å². The fourth-order valence-corrected chi connectivity index (χ4v) is 8.65. The Labute approximate surface area is 445 Å². The Morgan fingerprint density at radius 2 is 1.47 bits per heavy atom. The minimum Gasteiger partial charge on any atom is -0.376 e. The van der Waals surface area contributed by atoms with E-state index in [2.05, 4.69) is 57.5 Å². The number of aliphatic hydroxyl groups excluding tert-OH is 1. The number of halogens is 1. The van der Waals surface area contributed by atoms with Gasteiger partial charge in [0.2, 0.25) is 47.3 Å². The summed E-state index contributed by atoms with van der Waals surface area (Å²) in [4.78, 5) is 121. The number of nitrogens with zero attached hydrogens (tertiary/aromatic N) is 2. The molecular weight excluding hydrogens is 1010 g/mol. The van der Waals surface area contributed by atoms with Crippen molar-refractivity contribution in [2.24, 2.45) is 44.4 Å². The molecule has 1 aliphatic rings. The van der Waals surface area contributed by atoms with Gasteiger partial charge in [-0.3, -0.25) is 53.7 Å². The standard InChI is InChI=1S/C49H74ClN17O9/c1-27(68)61-34(15-7-21-58-48(53)54)42(71)65-37-17-18-40(69)57-20-6-14-33(41(52)70)62-47(76)39(25-29-26-60-32-12-3-2-11-31(29)32)67-44(73)36(16-8-22-59-49(55)56)64-46(75)38(24-28-9-4-10-30(50)23-28)66-43(72)35(13-5-19-51)63-45(37)74/h2-4,9-12,23,26,33-39,44,60,67,73H,5-8,13-22,24-25,51H2,1H3,(H2,52,70)(H,57,69)(H,61,68)(H,62,76)(H,63,74)(H,64,75)(H,65,71)(H,66,72)(H4,53,54,58)(H4,55,56,59). The first kappa shape index (κ1) is 61.0. The van der Waals surface area contributed by atoms with Gasteiger partial charge in [0, 0.05) is 61.5 Å². The highest BCUT2D eigenvalue weighted by atomic mass is 35.5. The average molecular weight is 1080 g/mol. The fourth-order valence-electron chi connectivity index (χ4n) is 8.44. The van der Waals surface area contributed by atoms with Crippen LogP contribution in [0.4, 0.5) is 0 Å². The number of hydrogen-bond acceptors (Lipinski definition) is 13. The zero-order valence-electron chi connectivity index (χ0n) is 42.6. The molecule has 416 valence electrons. The number of nitrogens with two attached hydrogens (primary N) is 6. The van der Waals surface area contributed by atoms with Crippen molar-refractivity contribution in [2.75, 3.05) is 26.2 Å². The van der Waals surface area contributed by atoms with Gasteiger partial charge in [-0.2, -0.15) is 0 Å². The van der Waals surface area contributed by atoms with Crippen molar-refractivity contribution >= 4 is 81.7 Å². The van der Waals surface area contributed by atoms with Crippen molar-refractivity contribution in [3.8, 4) is 0 Å². The molecule has 0 aliphatic carbocycles. The van der Waals surface area contributed by atoms with E-state index in [1.165, 1.54) is 6.92 Å². The van der Waals surface area contributed by atoms with Crippen LogP contribution in [-0.4, -0.2) is 144 Å². The molecular formula is C49H74ClN17O9. The van der Waals surface area contributed by atoms with E-state index >= 15 is 0 Å². The second-order valence-corrected chi connectivity index (χ2v) is 18.9. The second kappa shape index (κ2) is 31.4. The van der Waals surface area contributed by atoms with E-state index in [1.54, 1.807) is 30.5 Å². The van der Waals surface area contributed by atoms with Crippen LogP contribution in [0, 0.1) is 0 Å². The van der Waals surface area contributed by atoms with E-state index in [-0.39, 0.29) is 115 Å². The van der Waals surface area contributed by atoms with Gasteiger partial charge in [-0.1, -0.05) is 41.9 Å². The number of primary amides is 1. The number of H-pyrrole nitrogens is 1. The molecule has 0 radical (unpaired) electrons. The second-order valence-electron chi connectivity index (χ2n) is 18.4. The molecule has 0 bridgehead atoms. The van der Waals surface area contributed by atoms with Crippen LogP contribution in [-0.2, 0) is 51.2 Å². The largest absolute Gasteiger partial charge is 0.376 e. The van der Waals surface area contributed by atoms with Crippen molar-refractivity contribution in [2.45, 2.75) is 132 Å². The summed E-state index contributed by atoms with van der Waals surface area (Å²) in [5.74, 6) is -6.37. The van der Waals surface area contributed by atoms with E-state index < -0.39 is 95.8 Å². The first-order chi connectivity index (χ1) is 36.2. The highest BCUT2D eigenvalue weighted by Crippen LogP contribution is 2.20. The van der Waals surface area contributed by atoms with Gasteiger partial charge in [0.25, 0.3) is 0 Å². The molecule has 26 nitrogen and oxygen atoms in total. The summed E-state index contributed by atoms with van der Waals surface area (Å²) in [5.41, 5.74) is 35.7. The lowest BCUT2D eigenvalue weighted by Crippen LogP contribution is -2.61. The minimum atomic E-state index is -1.68. The molecule has 8 unspecified atom stereocenters. The number of carbonyl (C=O) groups is 8. The van der Waals surface area contributed by atoms with E-state index in [0.717, 1.165) is 10.9 Å². The third-order valence-corrected chi connectivity index (χ3v) is 12.6. The first-order valence-electron chi connectivity index (χ1n) is 25.1. The molecule has 8 atom stereocenters. The maximum Gasteiger partial charge on any atom is 0.243 e. The number of aromatic amines is 1. The number of fused-ring (bicyclic) bond motifs is 1. The summed E-state index contributed by atoms with van der Waals surface area (Å²) in [6, 6.07) is 4.80. The molecule has 1 saturated heterocycles. The average Bonchev–Trinajstić information content (AvgIpc) is 3.77. The van der Waals surface area contributed by atoms with Crippen molar-refractivity contribution < 1.29 is 43.5 Å². The highest BCUT2D eigenvalue weighted by molar-refractivity contribution is 6.30. The number of rotatable bonds is 19. The van der Waals surface area contributed by atoms with Crippen LogP contribution >= 0.6 is 11.6 Å². The third kappa shape index (κ3) is 21.0. The Morgan fingerprint density at radius 3 is 2.16 bits per heavy atom. The van der Waals surface area contributed by atoms with Gasteiger partial charge < -0.3 is 81.7 Å². The number of guanidine groups is 2. The maximum absolute atomic E-state index is 14.7. The van der Waals surface area contributed by atoms with E-state index in [4.69, 9.17) is 46.0 Å². The van der Waals surface area contributed by atoms with Crippen LogP contribution in [0.1, 0.15) is 82.3 Å². The molecule has 1 aromatic heterocycles. The van der Waals surface area contributed by atoms with Crippen molar-refractivity contribution in [3.63, 3.8) is 0 Å². The smallest absolute Gasteiger partial charge is 0.243 e. The van der Waals surface area contributed by atoms with Gasteiger partial charge in [0.1, 0.15) is 36.4 Å². The molecule has 1 fully saturated rings. The van der Waals surface area contributed by atoms with Crippen LogP contribution < -0.4 is 76.9 Å². The molecule has 2 aromatic carbocycles. The monoisotopic (exact) mass is 1080 g/mol. The molecule has 22 N–H and O–H groups in total. The van der Waals surface area contributed by atoms with Crippen molar-refractivity contribution in [1.82, 2.24) is 47.5 Å². The SMILES string of the molecule is CC(=O)NC(CCCN=C(N)N)C(=O)NC1CCC(=O)NCCCC(C(N)=O)NC(=O)C(Cc2c[nH]c3ccccc23)NC(O)C(CCCN=C(N)N)NC(=O)C(Cc2cccc(Cl)c2)NC(=O)C(CCCN)NC1=O. The summed E-state index contributed by atoms with van der Waals surface area (Å²) in [5, 5.41) is 35.0. The molecule has 2 heterocycles. The number of nitrogens with one attached hydrogen (secondary N) is 9. The van der Waals surface area contributed by atoms with Gasteiger partial charge in [-0.25, -0.2) is 0 Å². The Balaban J connectivity index is 1.78. The number of aliphatic imine (C=N–C) groups is 2. The summed E-state index contributed by atoms with van der Waals surface area (Å²) in [6.07, 6.45) is 0.0421. The van der Waals surface area contributed by atoms with Crippen LogP contribution in [0.5, 0.6) is 0 Å². The third-order valence-electron chi connectivity index (χ3n) is 12.3. The normalized spacial score (nSPS) is 22.1. The molecule has 8 amide bonds. The van der Waals surface area contributed by atoms with Crippen LogP contribution in [0.25, 0.3) is 10.9 Å². The molecule has 0 saturated carbocycles. The quantitative estimate of drug-likeness (QED) is 0.0320. The first-order valence-corrected chi connectivity index (χ1v) is 25.5. The highest BCUT2D eigenvalue weighted by Gasteiger charge is 2.35. The summed E-state index contributed by atoms with van der Waals surface area (Å²) < 4.78 is 0. The molecule has 4 rings (SSSR count). The Hall–Kier alpha value is -7.55. The van der Waals surface area contributed by atoms with E-state index in [1.807, 2.05) is 24.3 Å². The Morgan fingerprint density at radius 1 is 0.789 bits per heavy atom. The Bertz CT molecular complexity index is 2520. The summed E-state index contributed by atoms with van der Waals surface area (Å²) in [6.45, 7) is 1.51. The number of aromatic nitrogens is 1. The Kier molecular flexibility index (Phi) is 25.2. The fraction of sp³-hybridized carbons (Fsp3) is 0.510. The van der Waals surface area contributed by atoms with Gasteiger partial charge >= 0.3 is 0 Å². The zero-order valence-corrected chi connectivity index (χ0v) is 43.3. The van der Waals surface area contributed by atoms with Crippen LogP contribution in [0.15, 0.2) is 64.7 Å². The van der Waals surface area contributed by atoms with Crippen LogP contribution in [0.3, 0.4) is 0 Å². The van der Waals surface area contributed by atoms with Gasteiger partial charge in [0.05, 0.1) is 12.1 Å². The number of carbonyl (C=O) groups excluding carboxylic acids is 8. The molecule has 76 heavy (non-hydrogen) atoms. The molecule has 0 spiro atoms. The van der Waals surface area contributed by atoms with E-state index in [0.29, 0.717) is 16.1 Å². The molecule has 27 heteroatoms. The summed E-state index contributed by atoms with van der Waals surface area (Å²) in [7, 11) is 0. The predicted molar refractivity (Wildman–Crippen MR) is 286 cm³/mol. The van der Waals surface area contributed by atoms with Gasteiger partial charge in [-0.15, -0.1) is 0 Å². The lowest BCUT2D eigenvalue weighted by atomic mass is 10.0. The van der Waals surface area contributed by atoms with Gasteiger partial charge in [0.15, 0.2) is 11.9 Å². The minimum absolute atomic E-state index is 0.00322. The van der Waals surface area contributed by atoms with E-state index in [9.17, 15) is 43.5 Å². The topological polar surface area (TPSA) is 450 Å². The number of benzene rings is 2. The number of para-hydroxylation sites is 1. The summed E-state index contributed by atoms with van der Waals surface area (Å²) >= 11 is 6.36.